The summed E-state index contributed by atoms with van der Waals surface area (Å²) in [6.45, 7) is 7.67. The van der Waals surface area contributed by atoms with Crippen LogP contribution in [0.15, 0.2) is 22.7 Å². The molecule has 2 aliphatic rings. The molecule has 1 amide bonds. The van der Waals surface area contributed by atoms with Gasteiger partial charge in [0.25, 0.3) is 0 Å². The normalized spacial score (nSPS) is 22.2. The third-order valence-electron chi connectivity index (χ3n) is 4.87. The molecule has 0 bridgehead atoms. The molecule has 0 spiro atoms. The summed E-state index contributed by atoms with van der Waals surface area (Å²) in [5, 5.41) is 2.65. The largest absolute Gasteiger partial charge is 0.381 e. The van der Waals surface area contributed by atoms with E-state index in [4.69, 9.17) is 4.74 Å². The van der Waals surface area contributed by atoms with Crippen molar-refractivity contribution in [2.75, 3.05) is 57.8 Å². The van der Waals surface area contributed by atoms with Gasteiger partial charge in [0.2, 0.25) is 5.91 Å². The van der Waals surface area contributed by atoms with Gasteiger partial charge in [0.05, 0.1) is 12.3 Å². The molecule has 0 aromatic heterocycles. The highest BCUT2D eigenvalue weighted by molar-refractivity contribution is 9.10. The Kier molecular flexibility index (Phi) is 6.81. The number of halogens is 2. The van der Waals surface area contributed by atoms with Gasteiger partial charge in [0, 0.05) is 56.8 Å². The average Bonchev–Trinajstić information content (AvgIpc) is 3.10. The SMILES string of the molecule is O=C(CCN1CCN(C[C@@H]2CCOC2)CC1)Nc1ccc(Br)cc1F. The first kappa shape index (κ1) is 18.8. The van der Waals surface area contributed by atoms with Crippen LogP contribution in [0.4, 0.5) is 10.1 Å². The fourth-order valence-electron chi connectivity index (χ4n) is 3.35. The van der Waals surface area contributed by atoms with Gasteiger partial charge in [-0.15, -0.1) is 0 Å². The van der Waals surface area contributed by atoms with Crippen LogP contribution in [0.25, 0.3) is 0 Å². The number of nitrogens with zero attached hydrogens (tertiary/aromatic N) is 2. The minimum Gasteiger partial charge on any atom is -0.381 e. The monoisotopic (exact) mass is 413 g/mol. The summed E-state index contributed by atoms with van der Waals surface area (Å²) >= 11 is 3.21. The summed E-state index contributed by atoms with van der Waals surface area (Å²) in [5.74, 6) is 0.108. The third-order valence-corrected chi connectivity index (χ3v) is 5.36. The zero-order valence-corrected chi connectivity index (χ0v) is 15.9. The second kappa shape index (κ2) is 9.07. The van der Waals surface area contributed by atoms with Gasteiger partial charge >= 0.3 is 0 Å². The molecule has 25 heavy (non-hydrogen) atoms. The molecule has 1 N–H and O–H groups in total. The summed E-state index contributed by atoms with van der Waals surface area (Å²) in [6, 6.07) is 4.64. The second-order valence-corrected chi connectivity index (χ2v) is 7.71. The van der Waals surface area contributed by atoms with Crippen molar-refractivity contribution in [2.24, 2.45) is 5.92 Å². The first-order chi connectivity index (χ1) is 12.1. The van der Waals surface area contributed by atoms with Crippen LogP contribution in [-0.4, -0.2) is 68.2 Å². The maximum absolute atomic E-state index is 13.7. The van der Waals surface area contributed by atoms with Crippen molar-refractivity contribution < 1.29 is 13.9 Å². The quantitative estimate of drug-likeness (QED) is 0.778. The predicted molar refractivity (Wildman–Crippen MR) is 99.2 cm³/mol. The van der Waals surface area contributed by atoms with Crippen molar-refractivity contribution >= 4 is 27.5 Å². The fourth-order valence-corrected chi connectivity index (χ4v) is 3.68. The molecule has 2 aliphatic heterocycles. The zero-order chi connectivity index (χ0) is 17.6. The first-order valence-corrected chi connectivity index (χ1v) is 9.67. The van der Waals surface area contributed by atoms with E-state index in [0.717, 1.165) is 45.9 Å². The molecule has 0 aliphatic carbocycles. The van der Waals surface area contributed by atoms with Crippen molar-refractivity contribution in [3.63, 3.8) is 0 Å². The molecular weight excluding hydrogens is 389 g/mol. The van der Waals surface area contributed by atoms with Crippen LogP contribution in [0.3, 0.4) is 0 Å². The molecule has 1 aromatic carbocycles. The van der Waals surface area contributed by atoms with Gasteiger partial charge in [0.1, 0.15) is 5.82 Å². The van der Waals surface area contributed by atoms with E-state index in [1.165, 1.54) is 12.5 Å². The lowest BCUT2D eigenvalue weighted by Gasteiger charge is -2.35. The van der Waals surface area contributed by atoms with Crippen LogP contribution >= 0.6 is 15.9 Å². The minimum atomic E-state index is -0.424. The molecule has 138 valence electrons. The number of benzene rings is 1. The first-order valence-electron chi connectivity index (χ1n) is 8.87. The Balaban J connectivity index is 1.35. The third kappa shape index (κ3) is 5.74. The van der Waals surface area contributed by atoms with Crippen LogP contribution < -0.4 is 5.32 Å². The van der Waals surface area contributed by atoms with E-state index in [1.54, 1.807) is 12.1 Å². The highest BCUT2D eigenvalue weighted by atomic mass is 79.9. The molecule has 0 saturated carbocycles. The van der Waals surface area contributed by atoms with Gasteiger partial charge in [-0.2, -0.15) is 0 Å². The number of amides is 1. The summed E-state index contributed by atoms with van der Waals surface area (Å²) in [4.78, 5) is 16.8. The molecule has 5 nitrogen and oxygen atoms in total. The van der Waals surface area contributed by atoms with Crippen LogP contribution in [0.1, 0.15) is 12.8 Å². The maximum Gasteiger partial charge on any atom is 0.225 e. The van der Waals surface area contributed by atoms with Crippen LogP contribution in [0, 0.1) is 11.7 Å². The van der Waals surface area contributed by atoms with Crippen LogP contribution in [0.5, 0.6) is 0 Å². The molecule has 3 rings (SSSR count). The number of carbonyl (C=O) groups is 1. The minimum absolute atomic E-state index is 0.147. The Morgan fingerprint density at radius 1 is 1.28 bits per heavy atom. The van der Waals surface area contributed by atoms with E-state index in [0.29, 0.717) is 23.4 Å². The molecule has 0 radical (unpaired) electrons. The number of anilines is 1. The topological polar surface area (TPSA) is 44.8 Å². The van der Waals surface area contributed by atoms with Gasteiger partial charge in [-0.1, -0.05) is 15.9 Å². The molecule has 0 unspecified atom stereocenters. The zero-order valence-electron chi connectivity index (χ0n) is 14.3. The van der Waals surface area contributed by atoms with Crippen LogP contribution in [-0.2, 0) is 9.53 Å². The maximum atomic E-state index is 13.7. The summed E-state index contributed by atoms with van der Waals surface area (Å²) < 4.78 is 19.8. The van der Waals surface area contributed by atoms with E-state index >= 15 is 0 Å². The molecular formula is C18H25BrFN3O2. The van der Waals surface area contributed by atoms with Gasteiger partial charge in [-0.05, 0) is 30.5 Å². The Labute approximate surface area is 156 Å². The number of ether oxygens (including phenoxy) is 1. The lowest BCUT2D eigenvalue weighted by molar-refractivity contribution is -0.116. The number of hydrogen-bond acceptors (Lipinski definition) is 4. The van der Waals surface area contributed by atoms with Gasteiger partial charge in [0.15, 0.2) is 0 Å². The highest BCUT2D eigenvalue weighted by Crippen LogP contribution is 2.19. The van der Waals surface area contributed by atoms with Crippen molar-refractivity contribution in [1.29, 1.82) is 0 Å². The molecule has 2 fully saturated rings. The van der Waals surface area contributed by atoms with E-state index < -0.39 is 5.82 Å². The van der Waals surface area contributed by atoms with E-state index in [-0.39, 0.29) is 11.6 Å². The lowest BCUT2D eigenvalue weighted by Crippen LogP contribution is -2.48. The van der Waals surface area contributed by atoms with E-state index in [2.05, 4.69) is 31.0 Å². The standard InChI is InChI=1S/C18H25BrFN3O2/c19-15-1-2-17(16(20)11-15)21-18(24)3-5-22-6-8-23(9-7-22)12-14-4-10-25-13-14/h1-2,11,14H,3-10,12-13H2,(H,21,24)/t14-/m0/s1. The number of nitrogens with one attached hydrogen (secondary N) is 1. The summed E-state index contributed by atoms with van der Waals surface area (Å²) in [5.41, 5.74) is 0.233. The molecule has 1 atom stereocenters. The molecule has 7 heteroatoms. The predicted octanol–water partition coefficient (Wildman–Crippen LogP) is 2.57. The number of carbonyl (C=O) groups excluding carboxylic acids is 1. The highest BCUT2D eigenvalue weighted by Gasteiger charge is 2.22. The second-order valence-electron chi connectivity index (χ2n) is 6.79. The van der Waals surface area contributed by atoms with Crippen molar-refractivity contribution in [1.82, 2.24) is 9.80 Å². The van der Waals surface area contributed by atoms with Crippen molar-refractivity contribution in [3.05, 3.63) is 28.5 Å². The lowest BCUT2D eigenvalue weighted by atomic mass is 10.1. The summed E-state index contributed by atoms with van der Waals surface area (Å²) in [6.07, 6.45) is 1.55. The molecule has 2 saturated heterocycles. The van der Waals surface area contributed by atoms with Crippen molar-refractivity contribution in [3.8, 4) is 0 Å². The van der Waals surface area contributed by atoms with Crippen molar-refractivity contribution in [2.45, 2.75) is 12.8 Å². The Hall–Kier alpha value is -1.02. The fraction of sp³-hybridized carbons (Fsp3) is 0.611. The number of rotatable bonds is 6. The Morgan fingerprint density at radius 2 is 2.04 bits per heavy atom. The van der Waals surface area contributed by atoms with E-state index in [9.17, 15) is 9.18 Å². The van der Waals surface area contributed by atoms with E-state index in [1.807, 2.05) is 0 Å². The number of hydrogen-bond donors (Lipinski definition) is 1. The Bertz CT molecular complexity index is 588. The van der Waals surface area contributed by atoms with Gasteiger partial charge in [-0.25, -0.2) is 4.39 Å². The number of piperazine rings is 1. The molecule has 2 heterocycles. The smallest absolute Gasteiger partial charge is 0.225 e. The Morgan fingerprint density at radius 3 is 2.72 bits per heavy atom. The molecule has 1 aromatic rings. The van der Waals surface area contributed by atoms with Crippen LogP contribution in [0.2, 0.25) is 0 Å². The summed E-state index contributed by atoms with van der Waals surface area (Å²) in [7, 11) is 0. The van der Waals surface area contributed by atoms with Gasteiger partial charge in [-0.3, -0.25) is 4.79 Å². The van der Waals surface area contributed by atoms with Gasteiger partial charge < -0.3 is 19.9 Å². The average molecular weight is 414 g/mol.